The molecule has 0 aliphatic carbocycles. The highest BCUT2D eigenvalue weighted by molar-refractivity contribution is 7.91. The lowest BCUT2D eigenvalue weighted by Crippen LogP contribution is -2.45. The van der Waals surface area contributed by atoms with Crippen molar-refractivity contribution in [2.24, 2.45) is 5.92 Å². The van der Waals surface area contributed by atoms with E-state index in [9.17, 15) is 18.0 Å². The number of ether oxygens (including phenoxy) is 1. The van der Waals surface area contributed by atoms with Gasteiger partial charge < -0.3 is 9.64 Å². The van der Waals surface area contributed by atoms with Crippen molar-refractivity contribution in [3.63, 3.8) is 0 Å². The van der Waals surface area contributed by atoms with E-state index >= 15 is 0 Å². The average Bonchev–Trinajstić information content (AvgIpc) is 3.38. The van der Waals surface area contributed by atoms with Gasteiger partial charge in [-0.2, -0.15) is 0 Å². The number of hydrogen-bond donors (Lipinski definition) is 0. The number of sulfone groups is 1. The molecule has 1 atom stereocenters. The van der Waals surface area contributed by atoms with Gasteiger partial charge in [-0.3, -0.25) is 4.79 Å². The lowest BCUT2D eigenvalue weighted by Gasteiger charge is -2.29. The summed E-state index contributed by atoms with van der Waals surface area (Å²) in [5.41, 5.74) is 1.84. The van der Waals surface area contributed by atoms with Gasteiger partial charge in [-0.1, -0.05) is 44.2 Å². The molecule has 0 radical (unpaired) electrons. The molecule has 0 N–H and O–H groups in total. The number of hydrogen-bond acceptors (Lipinski definition) is 7. The molecule has 2 aromatic carbocycles. The second-order valence-electron chi connectivity index (χ2n) is 8.61. The van der Waals surface area contributed by atoms with Crippen LogP contribution in [0.3, 0.4) is 0 Å². The summed E-state index contributed by atoms with van der Waals surface area (Å²) < 4.78 is 30.2. The van der Waals surface area contributed by atoms with Gasteiger partial charge in [-0.25, -0.2) is 18.2 Å². The predicted molar refractivity (Wildman–Crippen MR) is 129 cm³/mol. The zero-order valence-electron chi connectivity index (χ0n) is 18.6. The molecular weight excluding hydrogens is 460 g/mol. The molecule has 1 fully saturated rings. The van der Waals surface area contributed by atoms with Crippen molar-refractivity contribution < 1.29 is 22.7 Å². The third kappa shape index (κ3) is 5.42. The Labute approximate surface area is 197 Å². The molecule has 0 bridgehead atoms. The van der Waals surface area contributed by atoms with Crippen molar-refractivity contribution in [2.75, 3.05) is 24.7 Å². The Morgan fingerprint density at radius 2 is 1.88 bits per heavy atom. The molecule has 0 spiro atoms. The van der Waals surface area contributed by atoms with Crippen molar-refractivity contribution in [2.45, 2.75) is 26.3 Å². The minimum absolute atomic E-state index is 0.0418. The highest BCUT2D eigenvalue weighted by Gasteiger charge is 2.35. The fourth-order valence-electron chi connectivity index (χ4n) is 3.99. The first-order valence-corrected chi connectivity index (χ1v) is 13.5. The van der Waals surface area contributed by atoms with E-state index in [1.54, 1.807) is 17.0 Å². The van der Waals surface area contributed by atoms with Gasteiger partial charge >= 0.3 is 5.97 Å². The number of rotatable bonds is 7. The summed E-state index contributed by atoms with van der Waals surface area (Å²) in [4.78, 5) is 32.0. The third-order valence-corrected chi connectivity index (χ3v) is 8.35. The molecule has 2 heterocycles. The van der Waals surface area contributed by atoms with Crippen molar-refractivity contribution in [3.05, 3.63) is 54.1 Å². The average molecular weight is 487 g/mol. The molecule has 1 aromatic heterocycles. The molecule has 1 aliphatic rings. The van der Waals surface area contributed by atoms with E-state index in [0.29, 0.717) is 29.1 Å². The van der Waals surface area contributed by atoms with Crippen LogP contribution in [0.1, 0.15) is 30.6 Å². The van der Waals surface area contributed by atoms with Crippen LogP contribution in [0.2, 0.25) is 0 Å². The Morgan fingerprint density at radius 1 is 1.15 bits per heavy atom. The van der Waals surface area contributed by atoms with Gasteiger partial charge in [0, 0.05) is 18.2 Å². The molecule has 3 aromatic rings. The maximum absolute atomic E-state index is 12.9. The number of fused-ring (bicyclic) bond motifs is 1. The zero-order chi connectivity index (χ0) is 23.6. The number of nitrogens with zero attached hydrogens (tertiary/aromatic N) is 2. The fraction of sp³-hybridized carbons (Fsp3) is 0.375. The predicted octanol–water partition coefficient (Wildman–Crippen LogP) is 3.79. The largest absolute Gasteiger partial charge is 0.452 e. The van der Waals surface area contributed by atoms with Gasteiger partial charge in [0.2, 0.25) is 0 Å². The number of esters is 1. The summed E-state index contributed by atoms with van der Waals surface area (Å²) in [5, 5.41) is 0.702. The first-order chi connectivity index (χ1) is 15.7. The number of para-hydroxylation sites is 1. The number of carbonyl (C=O) groups is 2. The fourth-order valence-corrected chi connectivity index (χ4v) is 6.73. The molecule has 1 saturated heterocycles. The second-order valence-corrected chi connectivity index (χ2v) is 11.9. The summed E-state index contributed by atoms with van der Waals surface area (Å²) in [5.74, 6) is -0.791. The highest BCUT2D eigenvalue weighted by Crippen LogP contribution is 2.32. The van der Waals surface area contributed by atoms with Crippen LogP contribution in [0.5, 0.6) is 0 Å². The molecule has 33 heavy (non-hydrogen) atoms. The Kier molecular flexibility index (Phi) is 6.81. The lowest BCUT2D eigenvalue weighted by molar-refractivity contribution is -0.137. The highest BCUT2D eigenvalue weighted by atomic mass is 32.2. The quantitative estimate of drug-likeness (QED) is 0.472. The van der Waals surface area contributed by atoms with Crippen molar-refractivity contribution >= 4 is 43.3 Å². The standard InChI is InChI=1S/C24H26N2O5S2/c1-16(2)13-26(17-11-12-33(29,30)15-17)22(27)14-31-24(28)19-8-4-3-7-18(19)23-25-20-9-5-6-10-21(20)32-23/h3-10,16-17H,11-15H2,1-2H3/t17-/m1/s1. The Hall–Kier alpha value is -2.78. The molecular formula is C24H26N2O5S2. The summed E-state index contributed by atoms with van der Waals surface area (Å²) >= 11 is 1.48. The molecule has 0 unspecified atom stereocenters. The maximum atomic E-state index is 12.9. The zero-order valence-corrected chi connectivity index (χ0v) is 20.2. The summed E-state index contributed by atoms with van der Waals surface area (Å²) in [6.07, 6.45) is 0.412. The normalized spacial score (nSPS) is 17.4. The van der Waals surface area contributed by atoms with Gasteiger partial charge in [0.15, 0.2) is 16.4 Å². The van der Waals surface area contributed by atoms with Gasteiger partial charge in [0.05, 0.1) is 27.3 Å². The third-order valence-electron chi connectivity index (χ3n) is 5.53. The van der Waals surface area contributed by atoms with Crippen molar-refractivity contribution in [1.29, 1.82) is 0 Å². The Balaban J connectivity index is 1.50. The molecule has 0 saturated carbocycles. The van der Waals surface area contributed by atoms with Crippen LogP contribution < -0.4 is 0 Å². The first-order valence-electron chi connectivity index (χ1n) is 10.9. The SMILES string of the molecule is CC(C)CN(C(=O)COC(=O)c1ccccc1-c1nc2ccccc2s1)[C@@H]1CCS(=O)(=O)C1. The topological polar surface area (TPSA) is 93.6 Å². The van der Waals surface area contributed by atoms with Gasteiger partial charge in [0.25, 0.3) is 5.91 Å². The van der Waals surface area contributed by atoms with Crippen LogP contribution in [0, 0.1) is 5.92 Å². The van der Waals surface area contributed by atoms with Crippen LogP contribution in [0.25, 0.3) is 20.8 Å². The van der Waals surface area contributed by atoms with E-state index in [2.05, 4.69) is 4.98 Å². The molecule has 9 heteroatoms. The van der Waals surface area contributed by atoms with E-state index in [0.717, 1.165) is 10.2 Å². The second kappa shape index (κ2) is 9.61. The van der Waals surface area contributed by atoms with E-state index in [1.807, 2.05) is 50.2 Å². The van der Waals surface area contributed by atoms with Gasteiger partial charge in [0.1, 0.15) is 5.01 Å². The van der Waals surface area contributed by atoms with E-state index in [4.69, 9.17) is 4.74 Å². The van der Waals surface area contributed by atoms with Crippen LogP contribution in [-0.2, 0) is 19.4 Å². The van der Waals surface area contributed by atoms with Gasteiger partial charge in [-0.15, -0.1) is 11.3 Å². The number of aromatic nitrogens is 1. The lowest BCUT2D eigenvalue weighted by atomic mass is 10.1. The first kappa shape index (κ1) is 23.4. The van der Waals surface area contributed by atoms with E-state index in [1.165, 1.54) is 11.3 Å². The van der Waals surface area contributed by atoms with E-state index in [-0.39, 0.29) is 29.4 Å². The summed E-state index contributed by atoms with van der Waals surface area (Å²) in [6.45, 7) is 3.91. The van der Waals surface area contributed by atoms with Crippen LogP contribution in [0.15, 0.2) is 48.5 Å². The molecule has 174 valence electrons. The Morgan fingerprint density at radius 3 is 2.58 bits per heavy atom. The Bertz CT molecular complexity index is 1250. The molecule has 7 nitrogen and oxygen atoms in total. The summed E-state index contributed by atoms with van der Waals surface area (Å²) in [7, 11) is -3.14. The maximum Gasteiger partial charge on any atom is 0.339 e. The monoisotopic (exact) mass is 486 g/mol. The number of benzene rings is 2. The van der Waals surface area contributed by atoms with Crippen molar-refractivity contribution in [1.82, 2.24) is 9.88 Å². The van der Waals surface area contributed by atoms with Gasteiger partial charge in [-0.05, 0) is 30.5 Å². The van der Waals surface area contributed by atoms with Crippen LogP contribution in [-0.4, -0.2) is 60.9 Å². The number of carbonyl (C=O) groups excluding carboxylic acids is 2. The van der Waals surface area contributed by atoms with E-state index < -0.39 is 22.4 Å². The number of amides is 1. The minimum Gasteiger partial charge on any atom is -0.452 e. The smallest absolute Gasteiger partial charge is 0.339 e. The van der Waals surface area contributed by atoms with Crippen LogP contribution in [0.4, 0.5) is 0 Å². The molecule has 1 amide bonds. The minimum atomic E-state index is -3.14. The van der Waals surface area contributed by atoms with Crippen LogP contribution >= 0.6 is 11.3 Å². The molecule has 1 aliphatic heterocycles. The molecule has 4 rings (SSSR count). The summed E-state index contributed by atoms with van der Waals surface area (Å²) in [6, 6.07) is 14.4. The van der Waals surface area contributed by atoms with Crippen molar-refractivity contribution in [3.8, 4) is 10.6 Å². The number of thiazole rings is 1.